The quantitative estimate of drug-likeness (QED) is 0.776. The summed E-state index contributed by atoms with van der Waals surface area (Å²) in [5.41, 5.74) is 0.797. The molecule has 21 heavy (non-hydrogen) atoms. The van der Waals surface area contributed by atoms with E-state index in [2.05, 4.69) is 28.2 Å². The van der Waals surface area contributed by atoms with Crippen molar-refractivity contribution in [2.24, 2.45) is 5.92 Å². The van der Waals surface area contributed by atoms with Gasteiger partial charge in [-0.3, -0.25) is 4.79 Å². The summed E-state index contributed by atoms with van der Waals surface area (Å²) in [5, 5.41) is 2.93. The largest absolute Gasteiger partial charge is 0.349 e. The lowest BCUT2D eigenvalue weighted by molar-refractivity contribution is 0.0948. The van der Waals surface area contributed by atoms with Gasteiger partial charge in [0.1, 0.15) is 0 Å². The molecule has 116 valence electrons. The Hall–Kier alpha value is -0.590. The molecule has 1 aliphatic rings. The first kappa shape index (κ1) is 16.8. The predicted octanol–water partition coefficient (Wildman–Crippen LogP) is 3.60. The maximum atomic E-state index is 12.2. The van der Waals surface area contributed by atoms with Crippen LogP contribution in [0.3, 0.4) is 0 Å². The number of amides is 1. The minimum Gasteiger partial charge on any atom is -0.349 e. The van der Waals surface area contributed by atoms with Gasteiger partial charge in [-0.05, 0) is 43.4 Å². The molecule has 0 aromatic heterocycles. The van der Waals surface area contributed by atoms with E-state index in [0.717, 1.165) is 19.3 Å². The lowest BCUT2D eigenvalue weighted by atomic mass is 10.1. The molecule has 0 aliphatic heterocycles. The Balaban J connectivity index is 2.21. The van der Waals surface area contributed by atoms with Crippen LogP contribution in [0.2, 0.25) is 0 Å². The highest BCUT2D eigenvalue weighted by molar-refractivity contribution is 9.10. The molecule has 0 bridgehead atoms. The second-order valence-corrected chi connectivity index (χ2v) is 8.77. The van der Waals surface area contributed by atoms with E-state index in [1.807, 2.05) is 0 Å². The third kappa shape index (κ3) is 3.99. The van der Waals surface area contributed by atoms with Crippen LogP contribution in [0, 0.1) is 12.8 Å². The fraction of sp³-hybridized carbons (Fsp3) is 0.500. The van der Waals surface area contributed by atoms with Crippen molar-refractivity contribution in [3.8, 4) is 0 Å². The summed E-state index contributed by atoms with van der Waals surface area (Å²) in [5.74, 6) is 0.282. The van der Waals surface area contributed by atoms with Crippen LogP contribution in [0.4, 0.5) is 0 Å². The minimum absolute atomic E-state index is 0.0374. The normalized spacial score (nSPS) is 21.1. The molecule has 1 saturated carbocycles. The zero-order valence-corrected chi connectivity index (χ0v) is 15.0. The van der Waals surface area contributed by atoms with Crippen LogP contribution >= 0.6 is 26.6 Å². The molecule has 2 rings (SSSR count). The van der Waals surface area contributed by atoms with Gasteiger partial charge in [0.05, 0.1) is 4.90 Å². The van der Waals surface area contributed by atoms with Crippen molar-refractivity contribution in [1.29, 1.82) is 0 Å². The van der Waals surface area contributed by atoms with Crippen molar-refractivity contribution in [2.45, 2.75) is 44.0 Å². The monoisotopic (exact) mass is 393 g/mol. The van der Waals surface area contributed by atoms with Crippen LogP contribution in [0.25, 0.3) is 0 Å². The van der Waals surface area contributed by atoms with E-state index < -0.39 is 9.05 Å². The van der Waals surface area contributed by atoms with Gasteiger partial charge in [0.15, 0.2) is 0 Å². The van der Waals surface area contributed by atoms with Gasteiger partial charge in [-0.2, -0.15) is 0 Å². The van der Waals surface area contributed by atoms with Crippen LogP contribution in [0.1, 0.15) is 42.1 Å². The number of carbonyl (C=O) groups excluding carboxylic acids is 1. The molecule has 0 spiro atoms. The number of nitrogens with one attached hydrogen (secondary N) is 1. The standard InChI is InChI=1S/C14H17BrClNO3S/c1-3-4-9-6-12(9)17-14(18)10-5-11(15)8(2)13(7-10)21(16,19)20/h5,7,9,12H,3-4,6H2,1-2H3,(H,17,18). The van der Waals surface area contributed by atoms with Crippen molar-refractivity contribution < 1.29 is 13.2 Å². The highest BCUT2D eigenvalue weighted by Gasteiger charge is 2.37. The van der Waals surface area contributed by atoms with E-state index in [0.29, 0.717) is 21.5 Å². The first-order chi connectivity index (χ1) is 9.74. The van der Waals surface area contributed by atoms with Gasteiger partial charge in [-0.15, -0.1) is 0 Å². The molecule has 1 aromatic rings. The average molecular weight is 395 g/mol. The van der Waals surface area contributed by atoms with E-state index in [1.165, 1.54) is 6.07 Å². The minimum atomic E-state index is -3.88. The summed E-state index contributed by atoms with van der Waals surface area (Å²) in [6.07, 6.45) is 3.19. The zero-order chi connectivity index (χ0) is 15.8. The third-order valence-corrected chi connectivity index (χ3v) is 5.99. The molecular weight excluding hydrogens is 378 g/mol. The summed E-state index contributed by atoms with van der Waals surface area (Å²) >= 11 is 3.27. The Labute approximate surface area is 137 Å². The van der Waals surface area contributed by atoms with Crippen molar-refractivity contribution in [3.05, 3.63) is 27.7 Å². The van der Waals surface area contributed by atoms with Crippen LogP contribution in [0.5, 0.6) is 0 Å². The molecule has 2 unspecified atom stereocenters. The second kappa shape index (κ2) is 6.26. The van der Waals surface area contributed by atoms with Crippen molar-refractivity contribution in [1.82, 2.24) is 5.32 Å². The van der Waals surface area contributed by atoms with Gasteiger partial charge < -0.3 is 5.32 Å². The molecule has 1 amide bonds. The van der Waals surface area contributed by atoms with E-state index in [-0.39, 0.29) is 16.8 Å². The molecule has 0 saturated heterocycles. The fourth-order valence-electron chi connectivity index (χ4n) is 2.40. The van der Waals surface area contributed by atoms with Gasteiger partial charge in [-0.25, -0.2) is 8.42 Å². The maximum absolute atomic E-state index is 12.2. The van der Waals surface area contributed by atoms with Crippen molar-refractivity contribution in [3.63, 3.8) is 0 Å². The SMILES string of the molecule is CCCC1CC1NC(=O)c1cc(Br)c(C)c(S(=O)(=O)Cl)c1. The number of carbonyl (C=O) groups is 1. The van der Waals surface area contributed by atoms with Crippen LogP contribution < -0.4 is 5.32 Å². The lowest BCUT2D eigenvalue weighted by Crippen LogP contribution is -2.27. The average Bonchev–Trinajstić information content (AvgIpc) is 3.09. The molecule has 0 heterocycles. The van der Waals surface area contributed by atoms with Gasteiger partial charge in [0.25, 0.3) is 15.0 Å². The lowest BCUT2D eigenvalue weighted by Gasteiger charge is -2.09. The number of benzene rings is 1. The van der Waals surface area contributed by atoms with E-state index in [4.69, 9.17) is 10.7 Å². The van der Waals surface area contributed by atoms with Gasteiger partial charge in [0.2, 0.25) is 0 Å². The Morgan fingerprint density at radius 1 is 1.48 bits per heavy atom. The Kier molecular flexibility index (Phi) is 5.00. The zero-order valence-electron chi connectivity index (χ0n) is 11.8. The van der Waals surface area contributed by atoms with Crippen molar-refractivity contribution in [2.75, 3.05) is 0 Å². The predicted molar refractivity (Wildman–Crippen MR) is 86.2 cm³/mol. The summed E-state index contributed by atoms with van der Waals surface area (Å²) < 4.78 is 23.7. The number of hydrogen-bond acceptors (Lipinski definition) is 3. The van der Waals surface area contributed by atoms with E-state index in [9.17, 15) is 13.2 Å². The Morgan fingerprint density at radius 3 is 2.71 bits per heavy atom. The van der Waals surface area contributed by atoms with Crippen LogP contribution in [-0.2, 0) is 9.05 Å². The van der Waals surface area contributed by atoms with E-state index >= 15 is 0 Å². The molecule has 1 aliphatic carbocycles. The molecule has 7 heteroatoms. The van der Waals surface area contributed by atoms with Gasteiger partial charge >= 0.3 is 0 Å². The second-order valence-electron chi connectivity index (χ2n) is 5.38. The number of rotatable bonds is 5. The number of halogens is 2. The molecule has 2 atom stereocenters. The van der Waals surface area contributed by atoms with Crippen molar-refractivity contribution >= 4 is 41.6 Å². The Morgan fingerprint density at radius 2 is 2.14 bits per heavy atom. The summed E-state index contributed by atoms with van der Waals surface area (Å²) in [4.78, 5) is 12.2. The van der Waals surface area contributed by atoms with Gasteiger partial charge in [0, 0.05) is 26.8 Å². The topological polar surface area (TPSA) is 63.2 Å². The smallest absolute Gasteiger partial charge is 0.261 e. The first-order valence-electron chi connectivity index (χ1n) is 6.79. The summed E-state index contributed by atoms with van der Waals surface area (Å²) in [7, 11) is 1.53. The van der Waals surface area contributed by atoms with E-state index in [1.54, 1.807) is 13.0 Å². The third-order valence-electron chi connectivity index (χ3n) is 3.72. The fourth-order valence-corrected chi connectivity index (χ4v) is 4.22. The first-order valence-corrected chi connectivity index (χ1v) is 9.90. The molecular formula is C14H17BrClNO3S. The molecule has 4 nitrogen and oxygen atoms in total. The Bertz CT molecular complexity index is 675. The molecule has 1 fully saturated rings. The van der Waals surface area contributed by atoms with Gasteiger partial charge in [-0.1, -0.05) is 29.3 Å². The molecule has 0 radical (unpaired) electrons. The summed E-state index contributed by atoms with van der Waals surface area (Å²) in [6.45, 7) is 3.76. The highest BCUT2D eigenvalue weighted by Crippen LogP contribution is 2.35. The molecule has 1 N–H and O–H groups in total. The summed E-state index contributed by atoms with van der Waals surface area (Å²) in [6, 6.07) is 3.15. The molecule has 1 aromatic carbocycles. The highest BCUT2D eigenvalue weighted by atomic mass is 79.9. The maximum Gasteiger partial charge on any atom is 0.261 e. The number of hydrogen-bond donors (Lipinski definition) is 1. The van der Waals surface area contributed by atoms with Crippen LogP contribution in [0.15, 0.2) is 21.5 Å². The van der Waals surface area contributed by atoms with Crippen LogP contribution in [-0.4, -0.2) is 20.4 Å².